The van der Waals surface area contributed by atoms with Crippen LogP contribution in [0.3, 0.4) is 0 Å². The van der Waals surface area contributed by atoms with E-state index in [9.17, 15) is 17.6 Å². The number of carbonyl (C=O) groups is 1. The lowest BCUT2D eigenvalue weighted by Crippen LogP contribution is -2.25. The van der Waals surface area contributed by atoms with Crippen molar-refractivity contribution in [1.82, 2.24) is 10.3 Å². The molecule has 0 bridgehead atoms. The number of rotatable bonds is 7. The maximum absolute atomic E-state index is 13.1. The number of carbonyl (C=O) groups excluding carboxylic acids is 1. The van der Waals surface area contributed by atoms with Gasteiger partial charge in [-0.2, -0.15) is 0 Å². The van der Waals surface area contributed by atoms with Crippen LogP contribution in [0.5, 0.6) is 0 Å². The predicted octanol–water partition coefficient (Wildman–Crippen LogP) is 4.33. The first-order valence-electron chi connectivity index (χ1n) is 8.95. The number of sulfonamides is 1. The molecule has 10 heteroatoms. The molecule has 1 amide bonds. The van der Waals surface area contributed by atoms with Crippen molar-refractivity contribution in [2.75, 3.05) is 11.3 Å². The number of amides is 1. The molecule has 158 valence electrons. The van der Waals surface area contributed by atoms with E-state index in [2.05, 4.69) is 15.0 Å². The van der Waals surface area contributed by atoms with E-state index in [1.807, 2.05) is 13.8 Å². The van der Waals surface area contributed by atoms with Gasteiger partial charge in [-0.15, -0.1) is 11.3 Å². The molecule has 0 radical (unpaired) electrons. The van der Waals surface area contributed by atoms with Gasteiger partial charge < -0.3 is 5.32 Å². The molecule has 2 aromatic carbocycles. The van der Waals surface area contributed by atoms with Crippen LogP contribution in [0.15, 0.2) is 47.4 Å². The van der Waals surface area contributed by atoms with Gasteiger partial charge in [-0.3, -0.25) is 9.52 Å². The van der Waals surface area contributed by atoms with Crippen LogP contribution in [0.2, 0.25) is 5.02 Å². The number of nitrogens with one attached hydrogen (secondary N) is 2. The van der Waals surface area contributed by atoms with E-state index < -0.39 is 15.8 Å². The van der Waals surface area contributed by atoms with Crippen molar-refractivity contribution in [1.29, 1.82) is 0 Å². The molecule has 0 saturated carbocycles. The van der Waals surface area contributed by atoms with Crippen LogP contribution in [-0.4, -0.2) is 25.9 Å². The molecule has 30 heavy (non-hydrogen) atoms. The summed E-state index contributed by atoms with van der Waals surface area (Å²) in [7, 11) is -3.99. The Morgan fingerprint density at radius 2 is 1.87 bits per heavy atom. The fourth-order valence-corrected chi connectivity index (χ4v) is 4.99. The van der Waals surface area contributed by atoms with E-state index in [4.69, 9.17) is 11.6 Å². The first-order valence-corrected chi connectivity index (χ1v) is 11.6. The highest BCUT2D eigenvalue weighted by Crippen LogP contribution is 2.26. The standard InChI is InChI=1S/C20H19ClFN3O3S2/c1-12-19(29-13(2)24-12)9-10-23-20(26)14-3-8-17(21)18(11-14)25-30(27,28)16-6-4-15(22)5-7-16/h3-8,11,25H,9-10H2,1-2H3,(H,23,26). The van der Waals surface area contributed by atoms with Crippen LogP contribution >= 0.6 is 22.9 Å². The van der Waals surface area contributed by atoms with Gasteiger partial charge in [-0.1, -0.05) is 11.6 Å². The fourth-order valence-electron chi connectivity index (χ4n) is 2.76. The number of hydrogen-bond donors (Lipinski definition) is 2. The van der Waals surface area contributed by atoms with Crippen molar-refractivity contribution >= 4 is 44.6 Å². The summed E-state index contributed by atoms with van der Waals surface area (Å²) in [6, 6.07) is 8.70. The van der Waals surface area contributed by atoms with Crippen molar-refractivity contribution in [3.63, 3.8) is 0 Å². The molecule has 0 atom stereocenters. The van der Waals surface area contributed by atoms with Crippen molar-refractivity contribution in [2.24, 2.45) is 0 Å². The Kier molecular flexibility index (Phi) is 6.74. The Morgan fingerprint density at radius 1 is 1.17 bits per heavy atom. The largest absolute Gasteiger partial charge is 0.352 e. The summed E-state index contributed by atoms with van der Waals surface area (Å²) in [4.78, 5) is 17.8. The van der Waals surface area contributed by atoms with Crippen molar-refractivity contribution in [2.45, 2.75) is 25.2 Å². The number of thiazole rings is 1. The number of aryl methyl sites for hydroxylation is 2. The third-order valence-electron chi connectivity index (χ3n) is 4.23. The molecule has 3 aromatic rings. The molecule has 0 aliphatic rings. The summed E-state index contributed by atoms with van der Waals surface area (Å²) in [5.41, 5.74) is 1.27. The zero-order valence-corrected chi connectivity index (χ0v) is 18.6. The van der Waals surface area contributed by atoms with E-state index in [0.717, 1.165) is 39.8 Å². The van der Waals surface area contributed by atoms with Gasteiger partial charge in [0.1, 0.15) is 5.82 Å². The average Bonchev–Trinajstić information content (AvgIpc) is 3.00. The van der Waals surface area contributed by atoms with Gasteiger partial charge in [0.25, 0.3) is 15.9 Å². The van der Waals surface area contributed by atoms with Gasteiger partial charge in [0, 0.05) is 23.4 Å². The summed E-state index contributed by atoms with van der Waals surface area (Å²) in [5, 5.41) is 3.92. The van der Waals surface area contributed by atoms with Gasteiger partial charge in [0.05, 0.1) is 26.3 Å². The lowest BCUT2D eigenvalue weighted by atomic mass is 10.2. The molecule has 1 heterocycles. The highest BCUT2D eigenvalue weighted by atomic mass is 35.5. The third kappa shape index (κ3) is 5.35. The first-order chi connectivity index (χ1) is 14.2. The summed E-state index contributed by atoms with van der Waals surface area (Å²) < 4.78 is 40.4. The molecule has 0 unspecified atom stereocenters. The van der Waals surface area contributed by atoms with Gasteiger partial charge in [-0.05, 0) is 56.3 Å². The molecular formula is C20H19ClFN3O3S2. The lowest BCUT2D eigenvalue weighted by molar-refractivity contribution is 0.0954. The van der Waals surface area contributed by atoms with Crippen molar-refractivity contribution in [3.05, 3.63) is 74.4 Å². The summed E-state index contributed by atoms with van der Waals surface area (Å²) in [6.45, 7) is 4.28. The minimum atomic E-state index is -3.99. The molecule has 0 saturated heterocycles. The quantitative estimate of drug-likeness (QED) is 0.541. The van der Waals surface area contributed by atoms with E-state index >= 15 is 0 Å². The molecule has 0 spiro atoms. The maximum atomic E-state index is 13.1. The van der Waals surface area contributed by atoms with Crippen molar-refractivity contribution < 1.29 is 17.6 Å². The first kappa shape index (κ1) is 22.2. The molecule has 2 N–H and O–H groups in total. The molecule has 0 aliphatic carbocycles. The van der Waals surface area contributed by atoms with Crippen LogP contribution in [0.4, 0.5) is 10.1 Å². The molecule has 3 rings (SSSR count). The normalized spacial score (nSPS) is 11.3. The van der Waals surface area contributed by atoms with Gasteiger partial charge >= 0.3 is 0 Å². The highest BCUT2D eigenvalue weighted by molar-refractivity contribution is 7.92. The Bertz CT molecular complexity index is 1180. The molecule has 0 aliphatic heterocycles. The predicted molar refractivity (Wildman–Crippen MR) is 116 cm³/mol. The molecule has 1 aromatic heterocycles. The lowest BCUT2D eigenvalue weighted by Gasteiger charge is -2.12. The summed E-state index contributed by atoms with van der Waals surface area (Å²) in [6.07, 6.45) is 0.653. The number of hydrogen-bond acceptors (Lipinski definition) is 5. The van der Waals surface area contributed by atoms with Crippen LogP contribution in [0, 0.1) is 19.7 Å². The van der Waals surface area contributed by atoms with Crippen LogP contribution < -0.4 is 10.0 Å². The number of nitrogens with zero attached hydrogens (tertiary/aromatic N) is 1. The highest BCUT2D eigenvalue weighted by Gasteiger charge is 2.17. The minimum absolute atomic E-state index is 0.0579. The van der Waals surface area contributed by atoms with E-state index in [1.54, 1.807) is 11.3 Å². The van der Waals surface area contributed by atoms with E-state index in [-0.39, 0.29) is 27.1 Å². The van der Waals surface area contributed by atoms with Crippen LogP contribution in [0.1, 0.15) is 25.9 Å². The van der Waals surface area contributed by atoms with E-state index in [0.29, 0.717) is 13.0 Å². The minimum Gasteiger partial charge on any atom is -0.352 e. The van der Waals surface area contributed by atoms with Crippen molar-refractivity contribution in [3.8, 4) is 0 Å². The number of aromatic nitrogens is 1. The summed E-state index contributed by atoms with van der Waals surface area (Å²) in [5.74, 6) is -0.901. The van der Waals surface area contributed by atoms with Crippen LogP contribution in [0.25, 0.3) is 0 Å². The Morgan fingerprint density at radius 3 is 2.50 bits per heavy atom. The SMILES string of the molecule is Cc1nc(C)c(CCNC(=O)c2ccc(Cl)c(NS(=O)(=O)c3ccc(F)cc3)c2)s1. The Hall–Kier alpha value is -2.49. The second-order valence-corrected chi connectivity index (χ2v) is 9.88. The summed E-state index contributed by atoms with van der Waals surface area (Å²) >= 11 is 7.69. The maximum Gasteiger partial charge on any atom is 0.261 e. The number of halogens is 2. The smallest absolute Gasteiger partial charge is 0.261 e. The second-order valence-electron chi connectivity index (χ2n) is 6.50. The fraction of sp³-hybridized carbons (Fsp3) is 0.200. The topological polar surface area (TPSA) is 88.2 Å². The van der Waals surface area contributed by atoms with Gasteiger partial charge in [0.2, 0.25) is 0 Å². The van der Waals surface area contributed by atoms with Gasteiger partial charge in [0.15, 0.2) is 0 Å². The van der Waals surface area contributed by atoms with Gasteiger partial charge in [-0.25, -0.2) is 17.8 Å². The Labute approximate surface area is 183 Å². The zero-order chi connectivity index (χ0) is 21.9. The molecule has 6 nitrogen and oxygen atoms in total. The molecular weight excluding hydrogens is 449 g/mol. The average molecular weight is 468 g/mol. The van der Waals surface area contributed by atoms with E-state index in [1.165, 1.54) is 18.2 Å². The number of anilines is 1. The zero-order valence-electron chi connectivity index (χ0n) is 16.2. The second kappa shape index (κ2) is 9.11. The third-order valence-corrected chi connectivity index (χ3v) is 7.08. The number of benzene rings is 2. The van der Waals surface area contributed by atoms with Crippen LogP contribution in [-0.2, 0) is 16.4 Å². The monoisotopic (exact) mass is 467 g/mol. The Balaban J connectivity index is 1.70. The molecule has 0 fully saturated rings.